The Kier molecular flexibility index (Phi) is 8.33. The van der Waals surface area contributed by atoms with E-state index in [-0.39, 0.29) is 18.5 Å². The molecule has 0 fully saturated rings. The molecule has 2 heterocycles. The van der Waals surface area contributed by atoms with Crippen LogP contribution in [0.5, 0.6) is 34.5 Å². The molecule has 0 bridgehead atoms. The summed E-state index contributed by atoms with van der Waals surface area (Å²) in [7, 11) is 0. The van der Waals surface area contributed by atoms with Gasteiger partial charge >= 0.3 is 0 Å². The lowest BCUT2D eigenvalue weighted by molar-refractivity contribution is 0.0950. The first kappa shape index (κ1) is 27.7. The molecule has 206 valence electrons. The van der Waals surface area contributed by atoms with Crippen LogP contribution < -0.4 is 5.32 Å². The third-order valence-corrected chi connectivity index (χ3v) is 6.37. The van der Waals surface area contributed by atoms with E-state index in [2.05, 4.69) is 15.3 Å². The van der Waals surface area contributed by atoms with Gasteiger partial charge in [0.25, 0.3) is 5.91 Å². The predicted octanol–water partition coefficient (Wildman–Crippen LogP) is 3.56. The van der Waals surface area contributed by atoms with Crippen molar-refractivity contribution in [3.63, 3.8) is 0 Å². The van der Waals surface area contributed by atoms with Crippen LogP contribution in [0.1, 0.15) is 44.7 Å². The van der Waals surface area contributed by atoms with Crippen molar-refractivity contribution in [1.82, 2.24) is 15.3 Å². The van der Waals surface area contributed by atoms with E-state index in [4.69, 9.17) is 0 Å². The van der Waals surface area contributed by atoms with E-state index in [0.29, 0.717) is 19.3 Å². The minimum atomic E-state index is -1.01. The van der Waals surface area contributed by atoms with Gasteiger partial charge in [-0.15, -0.1) is 0 Å². The number of carbonyl (C=O) groups excluding carboxylic acids is 2. The first-order valence-corrected chi connectivity index (χ1v) is 12.3. The molecule has 0 saturated carbocycles. The van der Waals surface area contributed by atoms with Crippen LogP contribution in [-0.2, 0) is 12.8 Å². The van der Waals surface area contributed by atoms with Crippen molar-refractivity contribution in [2.75, 3.05) is 6.54 Å². The van der Waals surface area contributed by atoms with Crippen LogP contribution in [0.3, 0.4) is 0 Å². The number of pyridine rings is 2. The first-order chi connectivity index (χ1) is 19.2. The maximum Gasteiger partial charge on any atom is 0.252 e. The average Bonchev–Trinajstić information content (AvgIpc) is 2.96. The second-order valence-corrected chi connectivity index (χ2v) is 9.02. The largest absolute Gasteiger partial charge is 0.504 e. The van der Waals surface area contributed by atoms with Crippen LogP contribution in [0, 0.1) is 0 Å². The normalized spacial score (nSPS) is 10.8. The zero-order chi connectivity index (χ0) is 28.8. The fourth-order valence-electron chi connectivity index (χ4n) is 4.30. The van der Waals surface area contributed by atoms with Gasteiger partial charge in [-0.2, -0.15) is 0 Å². The van der Waals surface area contributed by atoms with E-state index in [1.807, 2.05) is 0 Å². The molecule has 0 saturated heterocycles. The van der Waals surface area contributed by atoms with Crippen molar-refractivity contribution in [3.8, 4) is 45.6 Å². The Labute approximate surface area is 228 Å². The Balaban J connectivity index is 1.71. The number of aromatic hydroxyl groups is 6. The van der Waals surface area contributed by atoms with Crippen molar-refractivity contribution in [1.29, 1.82) is 0 Å². The number of nitrogens with one attached hydrogen (secondary N) is 1. The molecule has 0 unspecified atom stereocenters. The predicted molar refractivity (Wildman–Crippen MR) is 144 cm³/mol. The van der Waals surface area contributed by atoms with Gasteiger partial charge in [0.15, 0.2) is 28.8 Å². The molecule has 2 aromatic carbocycles. The van der Waals surface area contributed by atoms with Crippen molar-refractivity contribution >= 4 is 11.7 Å². The Hall–Kier alpha value is -5.32. The lowest BCUT2D eigenvalue weighted by Crippen LogP contribution is -2.26. The van der Waals surface area contributed by atoms with E-state index in [9.17, 15) is 40.2 Å². The molecule has 4 rings (SSSR count). The molecule has 2 aromatic heterocycles. The summed E-state index contributed by atoms with van der Waals surface area (Å²) in [6.45, 7) is 0.137. The SMILES string of the molecule is O=C(CCCc1ccncc1)c1cc(O)c(O)c(O)c1-c1c(C(=O)NCCc2ccncc2)cc(O)c(O)c1O. The summed E-state index contributed by atoms with van der Waals surface area (Å²) in [5.41, 5.74) is 0.111. The molecule has 0 radical (unpaired) electrons. The zero-order valence-corrected chi connectivity index (χ0v) is 21.2. The lowest BCUT2D eigenvalue weighted by atomic mass is 9.89. The van der Waals surface area contributed by atoms with E-state index < -0.39 is 62.9 Å². The molecule has 4 aromatic rings. The zero-order valence-electron chi connectivity index (χ0n) is 21.2. The fourth-order valence-corrected chi connectivity index (χ4v) is 4.30. The summed E-state index contributed by atoms with van der Waals surface area (Å²) >= 11 is 0. The van der Waals surface area contributed by atoms with Crippen LogP contribution in [0.4, 0.5) is 0 Å². The Morgan fingerprint density at radius 2 is 1.12 bits per heavy atom. The number of aromatic nitrogens is 2. The molecular formula is C29H27N3O8. The topological polar surface area (TPSA) is 193 Å². The summed E-state index contributed by atoms with van der Waals surface area (Å²) in [5, 5.41) is 65.1. The van der Waals surface area contributed by atoms with Gasteiger partial charge < -0.3 is 36.0 Å². The first-order valence-electron chi connectivity index (χ1n) is 12.3. The number of phenolic OH excluding ortho intramolecular Hbond substituents is 6. The smallest absolute Gasteiger partial charge is 0.252 e. The standard InChI is InChI=1S/C29H27N3O8/c33-20(3-1-2-16-4-9-30-10-5-16)18-14-21(34)25(36)27(38)23(18)24-19(15-22(35)26(37)28(24)39)29(40)32-13-8-17-6-11-31-12-7-17/h4-7,9-12,14-15,34-39H,1-3,8,13H2,(H,32,40). The highest BCUT2D eigenvalue weighted by molar-refractivity contribution is 6.11. The number of hydrogen-bond acceptors (Lipinski definition) is 10. The van der Waals surface area contributed by atoms with Crippen molar-refractivity contribution in [2.45, 2.75) is 25.7 Å². The average molecular weight is 546 g/mol. The number of rotatable bonds is 10. The van der Waals surface area contributed by atoms with Crippen molar-refractivity contribution in [2.24, 2.45) is 0 Å². The maximum atomic E-state index is 13.3. The molecule has 0 atom stereocenters. The minimum absolute atomic E-state index is 0.0583. The number of Topliss-reactive ketones (excluding diaryl/α,β-unsaturated/α-hetero) is 1. The Bertz CT molecular complexity index is 1430. The second kappa shape index (κ2) is 12.0. The Morgan fingerprint density at radius 3 is 1.68 bits per heavy atom. The van der Waals surface area contributed by atoms with Crippen molar-refractivity contribution in [3.05, 3.63) is 83.4 Å². The van der Waals surface area contributed by atoms with Gasteiger partial charge in [-0.1, -0.05) is 0 Å². The maximum absolute atomic E-state index is 13.3. The van der Waals surface area contributed by atoms with Gasteiger partial charge in [0.05, 0.1) is 5.56 Å². The van der Waals surface area contributed by atoms with E-state index >= 15 is 0 Å². The van der Waals surface area contributed by atoms with Gasteiger partial charge in [-0.25, -0.2) is 0 Å². The van der Waals surface area contributed by atoms with Crippen LogP contribution >= 0.6 is 0 Å². The quantitative estimate of drug-likeness (QED) is 0.114. The number of benzene rings is 2. The van der Waals surface area contributed by atoms with E-state index in [0.717, 1.165) is 23.3 Å². The minimum Gasteiger partial charge on any atom is -0.504 e. The molecule has 7 N–H and O–H groups in total. The Morgan fingerprint density at radius 1 is 0.650 bits per heavy atom. The van der Waals surface area contributed by atoms with Crippen LogP contribution in [0.25, 0.3) is 11.1 Å². The highest BCUT2D eigenvalue weighted by Gasteiger charge is 2.30. The molecule has 40 heavy (non-hydrogen) atoms. The van der Waals surface area contributed by atoms with Crippen LogP contribution in [0.15, 0.2) is 61.2 Å². The third-order valence-electron chi connectivity index (χ3n) is 6.37. The van der Waals surface area contributed by atoms with Gasteiger partial charge in [-0.05, 0) is 66.8 Å². The van der Waals surface area contributed by atoms with E-state index in [1.54, 1.807) is 49.1 Å². The summed E-state index contributed by atoms with van der Waals surface area (Å²) in [6.07, 6.45) is 7.70. The monoisotopic (exact) mass is 545 g/mol. The number of ketones is 1. The van der Waals surface area contributed by atoms with E-state index in [1.165, 1.54) is 0 Å². The number of phenols is 6. The van der Waals surface area contributed by atoms with Gasteiger partial charge in [0.1, 0.15) is 0 Å². The third kappa shape index (κ3) is 5.88. The molecule has 11 nitrogen and oxygen atoms in total. The molecular weight excluding hydrogens is 518 g/mol. The van der Waals surface area contributed by atoms with Gasteiger partial charge in [0.2, 0.25) is 11.5 Å². The summed E-state index contributed by atoms with van der Waals surface area (Å²) < 4.78 is 0. The fraction of sp³-hybridized carbons (Fsp3) is 0.172. The molecule has 0 aliphatic rings. The lowest BCUT2D eigenvalue weighted by Gasteiger charge is -2.19. The number of nitrogens with zero attached hydrogens (tertiary/aromatic N) is 2. The summed E-state index contributed by atoms with van der Waals surface area (Å²) in [5.74, 6) is -7.03. The van der Waals surface area contributed by atoms with Crippen LogP contribution in [0.2, 0.25) is 0 Å². The highest BCUT2D eigenvalue weighted by atomic mass is 16.3. The highest BCUT2D eigenvalue weighted by Crippen LogP contribution is 2.52. The molecule has 11 heteroatoms. The molecule has 1 amide bonds. The number of amides is 1. The number of carbonyl (C=O) groups is 2. The number of aryl methyl sites for hydroxylation is 1. The molecule has 0 aliphatic heterocycles. The van der Waals surface area contributed by atoms with Gasteiger partial charge in [0, 0.05) is 54.4 Å². The molecule has 0 aliphatic carbocycles. The van der Waals surface area contributed by atoms with Gasteiger partial charge in [-0.3, -0.25) is 19.6 Å². The summed E-state index contributed by atoms with van der Waals surface area (Å²) in [4.78, 5) is 34.4. The molecule has 0 spiro atoms. The van der Waals surface area contributed by atoms with Crippen LogP contribution in [-0.4, -0.2) is 58.8 Å². The number of hydrogen-bond donors (Lipinski definition) is 7. The van der Waals surface area contributed by atoms with Crippen molar-refractivity contribution < 1.29 is 40.2 Å². The second-order valence-electron chi connectivity index (χ2n) is 9.02. The summed E-state index contributed by atoms with van der Waals surface area (Å²) in [6, 6.07) is 8.90.